The van der Waals surface area contributed by atoms with Gasteiger partial charge in [-0.15, -0.1) is 0 Å². The third kappa shape index (κ3) is 3.81. The normalized spacial score (nSPS) is 19.8. The summed E-state index contributed by atoms with van der Waals surface area (Å²) in [4.78, 5) is 14.2. The first-order valence-electron chi connectivity index (χ1n) is 7.13. The molecule has 0 bridgehead atoms. The fourth-order valence-electron chi connectivity index (χ4n) is 2.57. The second-order valence-corrected chi connectivity index (χ2v) is 5.25. The third-order valence-electron chi connectivity index (χ3n) is 3.77. The molecule has 1 aliphatic heterocycles. The van der Waals surface area contributed by atoms with E-state index < -0.39 is 0 Å². The predicted molar refractivity (Wildman–Crippen MR) is 77.6 cm³/mol. The van der Waals surface area contributed by atoms with Gasteiger partial charge in [-0.3, -0.25) is 4.79 Å². The van der Waals surface area contributed by atoms with Crippen LogP contribution in [0.4, 0.5) is 0 Å². The largest absolute Gasteiger partial charge is 0.383 e. The van der Waals surface area contributed by atoms with E-state index in [4.69, 9.17) is 9.47 Å². The molecule has 1 aromatic rings. The maximum absolute atomic E-state index is 12.4. The second-order valence-electron chi connectivity index (χ2n) is 5.25. The van der Waals surface area contributed by atoms with Crippen molar-refractivity contribution in [3.8, 4) is 0 Å². The quantitative estimate of drug-likeness (QED) is 0.797. The summed E-state index contributed by atoms with van der Waals surface area (Å²) in [7, 11) is 3.51. The molecule has 2 atom stereocenters. The highest BCUT2D eigenvalue weighted by Gasteiger charge is 2.30. The molecule has 0 aliphatic carbocycles. The zero-order chi connectivity index (χ0) is 14.4. The molecule has 1 heterocycles. The Morgan fingerprint density at radius 3 is 2.80 bits per heavy atom. The number of carbonyl (C=O) groups excluding carboxylic acids is 1. The van der Waals surface area contributed by atoms with Gasteiger partial charge in [0.2, 0.25) is 0 Å². The van der Waals surface area contributed by atoms with Crippen molar-refractivity contribution >= 4 is 5.91 Å². The lowest BCUT2D eigenvalue weighted by Gasteiger charge is -2.29. The molecule has 20 heavy (non-hydrogen) atoms. The Labute approximate surface area is 120 Å². The van der Waals surface area contributed by atoms with Gasteiger partial charge in [0, 0.05) is 20.8 Å². The second kappa shape index (κ2) is 7.41. The molecule has 0 saturated carbocycles. The van der Waals surface area contributed by atoms with Crippen molar-refractivity contribution < 1.29 is 14.3 Å². The third-order valence-corrected chi connectivity index (χ3v) is 3.77. The van der Waals surface area contributed by atoms with Crippen molar-refractivity contribution in [1.82, 2.24) is 4.90 Å². The standard InChI is InChI=1S/C16H23NO3/c1-17(16(18)15-9-6-10-20-15)14(12-19-2)11-13-7-4-3-5-8-13/h3-5,7-8,14-15H,6,9-12H2,1-2H3/t14?,15-/m0/s1. The Kier molecular flexibility index (Phi) is 5.56. The average Bonchev–Trinajstić information content (AvgIpc) is 3.00. The predicted octanol–water partition coefficient (Wildman–Crippen LogP) is 1.88. The number of rotatable bonds is 6. The summed E-state index contributed by atoms with van der Waals surface area (Å²) in [5.41, 5.74) is 1.21. The Bertz CT molecular complexity index is 415. The lowest BCUT2D eigenvalue weighted by molar-refractivity contribution is -0.142. The molecule has 2 rings (SSSR count). The first kappa shape index (κ1) is 15.0. The number of amides is 1. The monoisotopic (exact) mass is 277 g/mol. The van der Waals surface area contributed by atoms with Crippen LogP contribution in [0, 0.1) is 0 Å². The zero-order valence-corrected chi connectivity index (χ0v) is 12.2. The van der Waals surface area contributed by atoms with Crippen molar-refractivity contribution in [3.63, 3.8) is 0 Å². The lowest BCUT2D eigenvalue weighted by Crippen LogP contribution is -2.45. The number of likely N-dealkylation sites (N-methyl/N-ethyl adjacent to an activating group) is 1. The molecule has 0 aromatic heterocycles. The lowest BCUT2D eigenvalue weighted by atomic mass is 10.0. The first-order valence-corrected chi connectivity index (χ1v) is 7.13. The van der Waals surface area contributed by atoms with Crippen LogP contribution in [0.1, 0.15) is 18.4 Å². The van der Waals surface area contributed by atoms with E-state index in [1.807, 2.05) is 25.2 Å². The van der Waals surface area contributed by atoms with E-state index in [9.17, 15) is 4.79 Å². The Balaban J connectivity index is 2.01. The van der Waals surface area contributed by atoms with E-state index in [-0.39, 0.29) is 18.1 Å². The molecule has 1 saturated heterocycles. The van der Waals surface area contributed by atoms with E-state index >= 15 is 0 Å². The molecule has 0 N–H and O–H groups in total. The van der Waals surface area contributed by atoms with Crippen LogP contribution in [0.5, 0.6) is 0 Å². The molecule has 1 aliphatic rings. The Morgan fingerprint density at radius 1 is 1.45 bits per heavy atom. The van der Waals surface area contributed by atoms with E-state index in [0.717, 1.165) is 19.3 Å². The van der Waals surface area contributed by atoms with Crippen LogP contribution >= 0.6 is 0 Å². The van der Waals surface area contributed by atoms with Gasteiger partial charge in [0.1, 0.15) is 6.10 Å². The van der Waals surface area contributed by atoms with E-state index in [1.165, 1.54) is 5.56 Å². The van der Waals surface area contributed by atoms with Crippen molar-refractivity contribution in [2.45, 2.75) is 31.4 Å². The summed E-state index contributed by atoms with van der Waals surface area (Å²) in [6.07, 6.45) is 2.32. The van der Waals surface area contributed by atoms with Crippen molar-refractivity contribution in [2.24, 2.45) is 0 Å². The highest BCUT2D eigenvalue weighted by Crippen LogP contribution is 2.17. The van der Waals surface area contributed by atoms with Crippen LogP contribution in [0.3, 0.4) is 0 Å². The summed E-state index contributed by atoms with van der Waals surface area (Å²) in [6.45, 7) is 1.22. The fraction of sp³-hybridized carbons (Fsp3) is 0.562. The highest BCUT2D eigenvalue weighted by atomic mass is 16.5. The van der Waals surface area contributed by atoms with E-state index in [0.29, 0.717) is 13.2 Å². The molecule has 1 aromatic carbocycles. The van der Waals surface area contributed by atoms with Crippen LogP contribution in [-0.4, -0.2) is 50.3 Å². The maximum Gasteiger partial charge on any atom is 0.251 e. The van der Waals surface area contributed by atoms with Crippen molar-refractivity contribution in [3.05, 3.63) is 35.9 Å². The van der Waals surface area contributed by atoms with E-state index in [1.54, 1.807) is 12.0 Å². The van der Waals surface area contributed by atoms with Gasteiger partial charge in [-0.05, 0) is 24.8 Å². The van der Waals surface area contributed by atoms with E-state index in [2.05, 4.69) is 12.1 Å². The molecule has 1 fully saturated rings. The number of methoxy groups -OCH3 is 1. The smallest absolute Gasteiger partial charge is 0.251 e. The fourth-order valence-corrected chi connectivity index (χ4v) is 2.57. The number of hydrogen-bond acceptors (Lipinski definition) is 3. The molecule has 1 unspecified atom stereocenters. The number of hydrogen-bond donors (Lipinski definition) is 0. The van der Waals surface area contributed by atoms with Gasteiger partial charge in [0.05, 0.1) is 12.6 Å². The highest BCUT2D eigenvalue weighted by molar-refractivity contribution is 5.81. The molecule has 110 valence electrons. The Morgan fingerprint density at radius 2 is 2.20 bits per heavy atom. The number of carbonyl (C=O) groups is 1. The average molecular weight is 277 g/mol. The summed E-state index contributed by atoms with van der Waals surface area (Å²) in [6, 6.07) is 10.2. The topological polar surface area (TPSA) is 38.8 Å². The van der Waals surface area contributed by atoms with Gasteiger partial charge in [0.15, 0.2) is 0 Å². The minimum Gasteiger partial charge on any atom is -0.383 e. The molecule has 4 heteroatoms. The van der Waals surface area contributed by atoms with Crippen LogP contribution in [0.25, 0.3) is 0 Å². The minimum absolute atomic E-state index is 0.0408. The SMILES string of the molecule is COCC(Cc1ccccc1)N(C)C(=O)[C@@H]1CCCO1. The molecule has 4 nitrogen and oxygen atoms in total. The van der Waals surface area contributed by atoms with Gasteiger partial charge < -0.3 is 14.4 Å². The van der Waals surface area contributed by atoms with Gasteiger partial charge >= 0.3 is 0 Å². The minimum atomic E-state index is -0.268. The molecular formula is C16H23NO3. The maximum atomic E-state index is 12.4. The molecular weight excluding hydrogens is 254 g/mol. The van der Waals surface area contributed by atoms with Crippen molar-refractivity contribution in [2.75, 3.05) is 27.4 Å². The van der Waals surface area contributed by atoms with Gasteiger partial charge in [-0.2, -0.15) is 0 Å². The molecule has 0 radical (unpaired) electrons. The summed E-state index contributed by atoms with van der Waals surface area (Å²) in [5, 5.41) is 0. The van der Waals surface area contributed by atoms with Gasteiger partial charge in [-0.1, -0.05) is 30.3 Å². The number of ether oxygens (including phenoxy) is 2. The summed E-state index contributed by atoms with van der Waals surface area (Å²) >= 11 is 0. The first-order chi connectivity index (χ1) is 9.72. The van der Waals surface area contributed by atoms with Gasteiger partial charge in [0.25, 0.3) is 5.91 Å². The zero-order valence-electron chi connectivity index (χ0n) is 12.2. The van der Waals surface area contributed by atoms with Crippen molar-refractivity contribution in [1.29, 1.82) is 0 Å². The van der Waals surface area contributed by atoms with Gasteiger partial charge in [-0.25, -0.2) is 0 Å². The molecule has 1 amide bonds. The van der Waals surface area contributed by atoms with Crippen LogP contribution < -0.4 is 0 Å². The molecule has 0 spiro atoms. The van der Waals surface area contributed by atoms with Crippen LogP contribution in [0.15, 0.2) is 30.3 Å². The van der Waals surface area contributed by atoms with Crippen LogP contribution in [-0.2, 0) is 20.7 Å². The number of nitrogens with zero attached hydrogens (tertiary/aromatic N) is 1. The van der Waals surface area contributed by atoms with Crippen LogP contribution in [0.2, 0.25) is 0 Å². The summed E-state index contributed by atoms with van der Waals surface area (Å²) in [5.74, 6) is 0.0699. The summed E-state index contributed by atoms with van der Waals surface area (Å²) < 4.78 is 10.8. The number of benzene rings is 1. The Hall–Kier alpha value is -1.39.